The highest BCUT2D eigenvalue weighted by Gasteiger charge is 2.47. The fourth-order valence-corrected chi connectivity index (χ4v) is 5.51. The summed E-state index contributed by atoms with van der Waals surface area (Å²) in [5, 5.41) is 13.4. The number of hydrogen-bond donors (Lipinski definition) is 1. The van der Waals surface area contributed by atoms with E-state index in [2.05, 4.69) is 70.2 Å². The first kappa shape index (κ1) is 21.0. The molecule has 5 rings (SSSR count). The summed E-state index contributed by atoms with van der Waals surface area (Å²) in [6, 6.07) is 28.8. The van der Waals surface area contributed by atoms with E-state index in [1.165, 1.54) is 11.1 Å². The molecular formula is C30H27ClO. The van der Waals surface area contributed by atoms with Crippen LogP contribution in [0.2, 0.25) is 5.02 Å². The topological polar surface area (TPSA) is 20.2 Å². The van der Waals surface area contributed by atoms with Crippen LogP contribution in [0, 0.1) is 13.8 Å². The second-order valence-corrected chi connectivity index (χ2v) is 9.87. The molecule has 0 unspecified atom stereocenters. The summed E-state index contributed by atoms with van der Waals surface area (Å²) in [6.07, 6.45) is 0. The zero-order valence-corrected chi connectivity index (χ0v) is 19.7. The second kappa shape index (κ2) is 7.33. The molecule has 1 nitrogen and oxygen atoms in total. The largest absolute Gasteiger partial charge is 0.376 e. The van der Waals surface area contributed by atoms with Gasteiger partial charge in [0.05, 0.1) is 0 Å². The molecule has 0 heterocycles. The predicted octanol–water partition coefficient (Wildman–Crippen LogP) is 7.55. The molecule has 0 fully saturated rings. The van der Waals surface area contributed by atoms with Crippen molar-refractivity contribution in [3.63, 3.8) is 0 Å². The van der Waals surface area contributed by atoms with Crippen LogP contribution in [0.3, 0.4) is 0 Å². The van der Waals surface area contributed by atoms with Crippen molar-refractivity contribution in [3.8, 4) is 11.1 Å². The quantitative estimate of drug-likeness (QED) is 0.342. The lowest BCUT2D eigenvalue weighted by Crippen LogP contribution is -2.41. The Kier molecular flexibility index (Phi) is 4.81. The van der Waals surface area contributed by atoms with Gasteiger partial charge in [0.2, 0.25) is 0 Å². The van der Waals surface area contributed by atoms with Gasteiger partial charge in [0.1, 0.15) is 5.60 Å². The average molecular weight is 439 g/mol. The molecule has 0 atom stereocenters. The van der Waals surface area contributed by atoms with Crippen LogP contribution in [0.1, 0.15) is 52.8 Å². The van der Waals surface area contributed by atoms with Crippen molar-refractivity contribution in [1.29, 1.82) is 0 Å². The smallest absolute Gasteiger partial charge is 0.141 e. The highest BCUT2D eigenvalue weighted by molar-refractivity contribution is 6.33. The molecule has 0 aliphatic heterocycles. The number of halogens is 1. The van der Waals surface area contributed by atoms with Crippen LogP contribution in [0.15, 0.2) is 84.9 Å². The first-order chi connectivity index (χ1) is 15.2. The number of hydrogen-bond acceptors (Lipinski definition) is 1. The van der Waals surface area contributed by atoms with Gasteiger partial charge >= 0.3 is 0 Å². The molecule has 1 aliphatic carbocycles. The van der Waals surface area contributed by atoms with Crippen LogP contribution < -0.4 is 0 Å². The lowest BCUT2D eigenvalue weighted by Gasteiger charge is -2.45. The van der Waals surface area contributed by atoms with E-state index in [0.29, 0.717) is 5.02 Å². The molecule has 1 aliphatic rings. The van der Waals surface area contributed by atoms with Crippen molar-refractivity contribution in [1.82, 2.24) is 0 Å². The van der Waals surface area contributed by atoms with Gasteiger partial charge in [-0.15, -0.1) is 0 Å². The first-order valence-corrected chi connectivity index (χ1v) is 11.4. The maximum Gasteiger partial charge on any atom is 0.141 e. The van der Waals surface area contributed by atoms with Gasteiger partial charge in [-0.25, -0.2) is 0 Å². The molecular weight excluding hydrogens is 412 g/mol. The third-order valence-corrected chi connectivity index (χ3v) is 7.29. The van der Waals surface area contributed by atoms with E-state index >= 15 is 0 Å². The summed E-state index contributed by atoms with van der Waals surface area (Å²) in [6.45, 7) is 8.73. The molecule has 2 heteroatoms. The van der Waals surface area contributed by atoms with E-state index in [4.69, 9.17) is 11.6 Å². The number of aliphatic hydroxyl groups is 1. The summed E-state index contributed by atoms with van der Waals surface area (Å²) >= 11 is 6.62. The molecule has 0 saturated carbocycles. The zero-order valence-electron chi connectivity index (χ0n) is 18.9. The van der Waals surface area contributed by atoms with Crippen molar-refractivity contribution < 1.29 is 5.11 Å². The number of rotatable bonds is 2. The molecule has 4 aromatic carbocycles. The SMILES string of the molecule is Cc1ccc2c(c1)C(C)(C)c1cc(C)ccc1C2(O)c1ccccc1-c1ccccc1Cl. The fourth-order valence-electron chi connectivity index (χ4n) is 5.27. The summed E-state index contributed by atoms with van der Waals surface area (Å²) in [4.78, 5) is 0. The third kappa shape index (κ3) is 2.96. The van der Waals surface area contributed by atoms with Gasteiger partial charge in [-0.3, -0.25) is 0 Å². The summed E-state index contributed by atoms with van der Waals surface area (Å²) in [5.41, 5.74) is 7.75. The summed E-state index contributed by atoms with van der Waals surface area (Å²) in [5.74, 6) is 0. The molecule has 0 aromatic heterocycles. The van der Waals surface area contributed by atoms with Gasteiger partial charge in [0, 0.05) is 21.6 Å². The van der Waals surface area contributed by atoms with E-state index in [9.17, 15) is 5.11 Å². The lowest BCUT2D eigenvalue weighted by atomic mass is 9.60. The Bertz CT molecular complexity index is 1290. The number of benzene rings is 4. The van der Waals surface area contributed by atoms with E-state index in [1.54, 1.807) is 0 Å². The standard InChI is InChI=1S/C30H27ClO/c1-19-13-15-24-26(17-19)29(3,4)27-18-20(2)14-16-25(27)30(24,32)23-11-7-5-9-21(23)22-10-6-8-12-28(22)31/h5-18,32H,1-4H3. The lowest BCUT2D eigenvalue weighted by molar-refractivity contribution is 0.117. The van der Waals surface area contributed by atoms with Crippen molar-refractivity contribution >= 4 is 11.6 Å². The maximum atomic E-state index is 12.8. The third-order valence-electron chi connectivity index (χ3n) is 6.96. The van der Waals surface area contributed by atoms with E-state index < -0.39 is 5.60 Å². The van der Waals surface area contributed by atoms with Crippen LogP contribution in [0.25, 0.3) is 11.1 Å². The maximum absolute atomic E-state index is 12.8. The Morgan fingerprint density at radius 3 is 1.66 bits per heavy atom. The average Bonchev–Trinajstić information content (AvgIpc) is 2.78. The van der Waals surface area contributed by atoms with E-state index in [0.717, 1.165) is 38.9 Å². The van der Waals surface area contributed by atoms with E-state index in [1.807, 2.05) is 42.5 Å². The molecule has 1 N–H and O–H groups in total. The Morgan fingerprint density at radius 1 is 0.594 bits per heavy atom. The molecule has 32 heavy (non-hydrogen) atoms. The molecule has 0 saturated heterocycles. The van der Waals surface area contributed by atoms with Crippen molar-refractivity contribution in [2.75, 3.05) is 0 Å². The minimum absolute atomic E-state index is 0.228. The molecule has 0 radical (unpaired) electrons. The van der Waals surface area contributed by atoms with Crippen molar-refractivity contribution in [3.05, 3.63) is 129 Å². The fraction of sp³-hybridized carbons (Fsp3) is 0.200. The Balaban J connectivity index is 1.91. The minimum atomic E-state index is -1.29. The van der Waals surface area contributed by atoms with Crippen LogP contribution in [0.4, 0.5) is 0 Å². The molecule has 0 amide bonds. The molecule has 160 valence electrons. The van der Waals surface area contributed by atoms with Crippen LogP contribution in [0.5, 0.6) is 0 Å². The van der Waals surface area contributed by atoms with Crippen LogP contribution >= 0.6 is 11.6 Å². The van der Waals surface area contributed by atoms with Crippen molar-refractivity contribution in [2.24, 2.45) is 0 Å². The molecule has 4 aromatic rings. The highest BCUT2D eigenvalue weighted by atomic mass is 35.5. The van der Waals surface area contributed by atoms with Gasteiger partial charge in [0.15, 0.2) is 0 Å². The molecule has 0 bridgehead atoms. The second-order valence-electron chi connectivity index (χ2n) is 9.46. The highest BCUT2D eigenvalue weighted by Crippen LogP contribution is 2.53. The zero-order chi connectivity index (χ0) is 22.7. The first-order valence-electron chi connectivity index (χ1n) is 11.0. The Labute approximate surface area is 195 Å². The van der Waals surface area contributed by atoms with Gasteiger partial charge in [-0.2, -0.15) is 0 Å². The van der Waals surface area contributed by atoms with E-state index in [-0.39, 0.29) is 5.41 Å². The van der Waals surface area contributed by atoms with Gasteiger partial charge < -0.3 is 5.11 Å². The summed E-state index contributed by atoms with van der Waals surface area (Å²) < 4.78 is 0. The Hall–Kier alpha value is -2.87. The van der Waals surface area contributed by atoms with Gasteiger partial charge in [-0.05, 0) is 47.7 Å². The minimum Gasteiger partial charge on any atom is -0.376 e. The van der Waals surface area contributed by atoms with Crippen LogP contribution in [-0.4, -0.2) is 5.11 Å². The van der Waals surface area contributed by atoms with Crippen molar-refractivity contribution in [2.45, 2.75) is 38.7 Å². The van der Waals surface area contributed by atoms with Gasteiger partial charge in [-0.1, -0.05) is 115 Å². The van der Waals surface area contributed by atoms with Gasteiger partial charge in [0.25, 0.3) is 0 Å². The molecule has 0 spiro atoms. The predicted molar refractivity (Wildman–Crippen MR) is 133 cm³/mol. The normalized spacial score (nSPS) is 15.7. The number of fused-ring (bicyclic) bond motifs is 2. The monoisotopic (exact) mass is 438 g/mol. The summed E-state index contributed by atoms with van der Waals surface area (Å²) in [7, 11) is 0. The number of aryl methyl sites for hydroxylation is 2. The Morgan fingerprint density at radius 2 is 1.09 bits per heavy atom. The van der Waals surface area contributed by atoms with Crippen LogP contribution in [-0.2, 0) is 11.0 Å².